The molecule has 2 aromatic carbocycles. The molecule has 0 aliphatic carbocycles. The summed E-state index contributed by atoms with van der Waals surface area (Å²) in [5, 5.41) is 21.0. The lowest BCUT2D eigenvalue weighted by atomic mass is 10.1. The van der Waals surface area contributed by atoms with Gasteiger partial charge in [0.2, 0.25) is 0 Å². The van der Waals surface area contributed by atoms with E-state index in [0.29, 0.717) is 11.3 Å². The van der Waals surface area contributed by atoms with Crippen LogP contribution in [0.4, 0.5) is 14.5 Å². The molecule has 1 unspecified atom stereocenters. The van der Waals surface area contributed by atoms with Crippen molar-refractivity contribution in [3.63, 3.8) is 0 Å². The molecule has 0 saturated carbocycles. The second kappa shape index (κ2) is 5.36. The number of halogens is 2. The van der Waals surface area contributed by atoms with Crippen molar-refractivity contribution >= 4 is 5.69 Å². The molecule has 0 heterocycles. The molecule has 19 heavy (non-hydrogen) atoms. The number of nitrogens with zero attached hydrogens (tertiary/aromatic N) is 1. The third-order valence-electron chi connectivity index (χ3n) is 2.57. The molecule has 96 valence electrons. The zero-order chi connectivity index (χ0) is 13.8. The summed E-state index contributed by atoms with van der Waals surface area (Å²) < 4.78 is 26.3. The quantitative estimate of drug-likeness (QED) is 0.889. The Bertz CT molecular complexity index is 638. The van der Waals surface area contributed by atoms with Gasteiger partial charge in [-0.1, -0.05) is 12.1 Å². The highest BCUT2D eigenvalue weighted by Crippen LogP contribution is 2.23. The summed E-state index contributed by atoms with van der Waals surface area (Å²) in [5.74, 6) is -1.72. The van der Waals surface area contributed by atoms with E-state index in [-0.39, 0.29) is 0 Å². The molecule has 0 fully saturated rings. The first-order valence-electron chi connectivity index (χ1n) is 5.50. The Kier molecular flexibility index (Phi) is 3.62. The molecule has 0 aromatic heterocycles. The smallest absolute Gasteiger partial charge is 0.165 e. The Balaban J connectivity index is 2.25. The Morgan fingerprint density at radius 3 is 2.58 bits per heavy atom. The fourth-order valence-corrected chi connectivity index (χ4v) is 1.64. The summed E-state index contributed by atoms with van der Waals surface area (Å²) in [6.07, 6.45) is 0. The van der Waals surface area contributed by atoms with Gasteiger partial charge >= 0.3 is 0 Å². The van der Waals surface area contributed by atoms with E-state index in [1.807, 2.05) is 6.07 Å². The van der Waals surface area contributed by atoms with Gasteiger partial charge < -0.3 is 10.4 Å². The first-order chi connectivity index (χ1) is 9.10. The summed E-state index contributed by atoms with van der Waals surface area (Å²) in [6, 6.07) is 10.4. The van der Waals surface area contributed by atoms with Crippen LogP contribution in [0.2, 0.25) is 0 Å². The molecule has 0 amide bonds. The molecule has 5 heteroatoms. The molecular weight excluding hydrogens is 250 g/mol. The van der Waals surface area contributed by atoms with Crippen molar-refractivity contribution in [1.29, 1.82) is 5.26 Å². The van der Waals surface area contributed by atoms with Gasteiger partial charge in [0, 0.05) is 5.69 Å². The number of hydrogen-bond acceptors (Lipinski definition) is 3. The number of aromatic hydroxyl groups is 1. The Hall–Kier alpha value is -2.61. The van der Waals surface area contributed by atoms with E-state index < -0.39 is 23.4 Å². The van der Waals surface area contributed by atoms with Crippen molar-refractivity contribution in [2.24, 2.45) is 0 Å². The highest BCUT2D eigenvalue weighted by atomic mass is 19.1. The van der Waals surface area contributed by atoms with Gasteiger partial charge in [-0.3, -0.25) is 0 Å². The standard InChI is InChI=1S/C14H10F2N2O/c15-10-2-1-3-11(7-10)18-13(8-17)9-4-5-14(19)12(16)6-9/h1-7,13,18-19H. The van der Waals surface area contributed by atoms with Crippen LogP contribution in [0.1, 0.15) is 11.6 Å². The van der Waals surface area contributed by atoms with Crippen molar-refractivity contribution < 1.29 is 13.9 Å². The van der Waals surface area contributed by atoms with E-state index in [9.17, 15) is 8.78 Å². The molecule has 3 nitrogen and oxygen atoms in total. The van der Waals surface area contributed by atoms with Gasteiger partial charge in [-0.15, -0.1) is 0 Å². The third-order valence-corrected chi connectivity index (χ3v) is 2.57. The van der Waals surface area contributed by atoms with Crippen molar-refractivity contribution in [3.05, 3.63) is 59.7 Å². The predicted molar refractivity (Wildman–Crippen MR) is 66.4 cm³/mol. The average Bonchev–Trinajstić information content (AvgIpc) is 2.39. The van der Waals surface area contributed by atoms with Crippen LogP contribution in [0, 0.1) is 23.0 Å². The normalized spacial score (nSPS) is 11.6. The van der Waals surface area contributed by atoms with Gasteiger partial charge in [0.15, 0.2) is 11.6 Å². The largest absolute Gasteiger partial charge is 0.505 e. The topological polar surface area (TPSA) is 56.0 Å². The van der Waals surface area contributed by atoms with Gasteiger partial charge in [-0.2, -0.15) is 5.26 Å². The van der Waals surface area contributed by atoms with Gasteiger partial charge in [0.05, 0.1) is 6.07 Å². The zero-order valence-corrected chi connectivity index (χ0v) is 9.77. The Morgan fingerprint density at radius 2 is 1.95 bits per heavy atom. The minimum absolute atomic E-state index is 0.349. The predicted octanol–water partition coefficient (Wildman–Crippen LogP) is 3.35. The first-order valence-corrected chi connectivity index (χ1v) is 5.50. The molecule has 0 bridgehead atoms. The molecular formula is C14H10F2N2O. The SMILES string of the molecule is N#CC(Nc1cccc(F)c1)c1ccc(O)c(F)c1. The summed E-state index contributed by atoms with van der Waals surface area (Å²) in [7, 11) is 0. The van der Waals surface area contributed by atoms with E-state index in [0.717, 1.165) is 6.07 Å². The Morgan fingerprint density at radius 1 is 1.16 bits per heavy atom. The first kappa shape index (κ1) is 12.8. The number of phenolic OH excluding ortho intramolecular Hbond substituents is 1. The summed E-state index contributed by atoms with van der Waals surface area (Å²) in [5.41, 5.74) is 0.766. The minimum Gasteiger partial charge on any atom is -0.505 e. The average molecular weight is 260 g/mol. The van der Waals surface area contributed by atoms with Crippen LogP contribution in [-0.4, -0.2) is 5.11 Å². The van der Waals surface area contributed by atoms with Crippen molar-refractivity contribution in [2.45, 2.75) is 6.04 Å². The van der Waals surface area contributed by atoms with E-state index in [1.165, 1.54) is 30.3 Å². The number of phenols is 1. The highest BCUT2D eigenvalue weighted by molar-refractivity contribution is 5.48. The van der Waals surface area contributed by atoms with Gasteiger partial charge in [-0.05, 0) is 35.9 Å². The molecule has 0 aliphatic heterocycles. The number of nitriles is 1. The van der Waals surface area contributed by atoms with Crippen molar-refractivity contribution in [1.82, 2.24) is 0 Å². The number of anilines is 1. The minimum atomic E-state index is -0.836. The van der Waals surface area contributed by atoms with Crippen LogP contribution < -0.4 is 5.32 Å². The monoisotopic (exact) mass is 260 g/mol. The second-order valence-electron chi connectivity index (χ2n) is 3.93. The van der Waals surface area contributed by atoms with E-state index >= 15 is 0 Å². The van der Waals surface area contributed by atoms with Gasteiger partial charge in [0.1, 0.15) is 11.9 Å². The lowest BCUT2D eigenvalue weighted by molar-refractivity contribution is 0.431. The van der Waals surface area contributed by atoms with E-state index in [1.54, 1.807) is 6.07 Å². The maximum atomic E-state index is 13.2. The zero-order valence-electron chi connectivity index (χ0n) is 9.77. The van der Waals surface area contributed by atoms with Gasteiger partial charge in [-0.25, -0.2) is 8.78 Å². The highest BCUT2D eigenvalue weighted by Gasteiger charge is 2.13. The molecule has 0 spiro atoms. The number of hydrogen-bond donors (Lipinski definition) is 2. The third kappa shape index (κ3) is 2.99. The lowest BCUT2D eigenvalue weighted by Crippen LogP contribution is -2.08. The van der Waals surface area contributed by atoms with Crippen molar-refractivity contribution in [2.75, 3.05) is 5.32 Å². The van der Waals surface area contributed by atoms with E-state index in [4.69, 9.17) is 10.4 Å². The van der Waals surface area contributed by atoms with Crippen LogP contribution in [0.5, 0.6) is 5.75 Å². The molecule has 2 N–H and O–H groups in total. The molecule has 0 radical (unpaired) electrons. The van der Waals surface area contributed by atoms with Crippen molar-refractivity contribution in [3.8, 4) is 11.8 Å². The molecule has 1 atom stereocenters. The number of rotatable bonds is 3. The molecule has 0 saturated heterocycles. The number of nitrogens with one attached hydrogen (secondary N) is 1. The summed E-state index contributed by atoms with van der Waals surface area (Å²) in [6.45, 7) is 0. The van der Waals surface area contributed by atoms with Crippen LogP contribution in [0.15, 0.2) is 42.5 Å². The summed E-state index contributed by atoms with van der Waals surface area (Å²) >= 11 is 0. The molecule has 2 rings (SSSR count). The van der Waals surface area contributed by atoms with Gasteiger partial charge in [0.25, 0.3) is 0 Å². The fraction of sp³-hybridized carbons (Fsp3) is 0.0714. The maximum Gasteiger partial charge on any atom is 0.165 e. The molecule has 0 aliphatic rings. The van der Waals surface area contributed by atoms with Crippen LogP contribution in [0.25, 0.3) is 0 Å². The van der Waals surface area contributed by atoms with Crippen LogP contribution in [0.3, 0.4) is 0 Å². The van der Waals surface area contributed by atoms with Crippen LogP contribution >= 0.6 is 0 Å². The fourth-order valence-electron chi connectivity index (χ4n) is 1.64. The Labute approximate surface area is 108 Å². The number of benzene rings is 2. The maximum absolute atomic E-state index is 13.2. The molecule has 2 aromatic rings. The second-order valence-corrected chi connectivity index (χ2v) is 3.93. The summed E-state index contributed by atoms with van der Waals surface area (Å²) in [4.78, 5) is 0. The lowest BCUT2D eigenvalue weighted by Gasteiger charge is -2.13. The van der Waals surface area contributed by atoms with E-state index in [2.05, 4.69) is 5.32 Å². The van der Waals surface area contributed by atoms with Crippen LogP contribution in [-0.2, 0) is 0 Å².